The first-order chi connectivity index (χ1) is 38.5. The molecular weight excluding hydrogens is 1090 g/mol. The fraction of sp³-hybridized carbons (Fsp3) is 0.731. The maximum Gasteiger partial charge on any atom is 0.460 e. The minimum absolute atomic E-state index is 0.290. The molecule has 0 spiro atoms. The van der Waals surface area contributed by atoms with E-state index in [9.17, 15) is 13.2 Å². The van der Waals surface area contributed by atoms with Gasteiger partial charge >= 0.3 is 33.4 Å². The summed E-state index contributed by atoms with van der Waals surface area (Å²) in [5.41, 5.74) is 6.51. The third-order valence-corrected chi connectivity index (χ3v) is 21.6. The average Bonchev–Trinajstić information content (AvgIpc) is 3.40. The molecule has 0 N–H and O–H groups in total. The Kier molecular flexibility index (Phi) is 32.0. The second-order valence-corrected chi connectivity index (χ2v) is 27.4. The lowest BCUT2D eigenvalue weighted by Crippen LogP contribution is -2.63. The van der Waals surface area contributed by atoms with E-state index in [-0.39, 0.29) is 0 Å². The molecule has 81 heavy (non-hydrogen) atoms. The minimum atomic E-state index is -7.52. The van der Waals surface area contributed by atoms with Crippen molar-refractivity contribution in [3.05, 3.63) is 86.5 Å². The van der Waals surface area contributed by atoms with Gasteiger partial charge in [-0.05, 0) is 176 Å². The van der Waals surface area contributed by atoms with Crippen molar-refractivity contribution in [3.63, 3.8) is 0 Å². The highest BCUT2D eigenvalue weighted by atomic mass is 32.3. The lowest BCUT2D eigenvalue weighted by molar-refractivity contribution is -0.382. The average molecular weight is 1190 g/mol. The molecule has 0 aromatic heterocycles. The van der Waals surface area contributed by atoms with Crippen LogP contribution in [0.15, 0.2) is 51.1 Å². The van der Waals surface area contributed by atoms with Crippen LogP contribution in [0.25, 0.3) is 0 Å². The predicted molar refractivity (Wildman–Crippen MR) is 322 cm³/mol. The highest BCUT2D eigenvalue weighted by Crippen LogP contribution is 2.76. The Bertz CT molecular complexity index is 2110. The number of aryl methyl sites for hydroxylation is 9. The molecule has 14 heteroatoms. The zero-order chi connectivity index (χ0) is 60.3. The zero-order valence-corrected chi connectivity index (χ0v) is 53.0. The van der Waals surface area contributed by atoms with E-state index in [4.69, 9.17) is 3.63 Å². The van der Waals surface area contributed by atoms with Gasteiger partial charge in [0.2, 0.25) is 0 Å². The van der Waals surface area contributed by atoms with Gasteiger partial charge < -0.3 is 0 Å². The molecule has 3 rings (SSSR count). The molecule has 0 amide bonds. The lowest BCUT2D eigenvalue weighted by Gasteiger charge is -2.47. The lowest BCUT2D eigenvalue weighted by atomic mass is 9.94. The van der Waals surface area contributed by atoms with Crippen molar-refractivity contribution in [1.82, 2.24) is 0 Å². The number of alkyl halides is 9. The maximum absolute atomic E-state index is 17.5. The van der Waals surface area contributed by atoms with Gasteiger partial charge in [-0.1, -0.05) is 214 Å². The number of hydrogen-bond acceptors (Lipinski definition) is 3. The summed E-state index contributed by atoms with van der Waals surface area (Å²) in [4.78, 5) is 0.871. The molecule has 466 valence electrons. The number of unbranched alkanes of at least 4 members (excludes halogenated alkanes) is 18. The van der Waals surface area contributed by atoms with Gasteiger partial charge in [-0.15, -0.1) is 0 Å². The Balaban J connectivity index is 3.21. The van der Waals surface area contributed by atoms with Crippen LogP contribution in [0.5, 0.6) is 0 Å². The summed E-state index contributed by atoms with van der Waals surface area (Å²) in [5, 5.41) is -7.10. The summed E-state index contributed by atoms with van der Waals surface area (Å²) in [5.74, 6) is -15.0. The van der Waals surface area contributed by atoms with Gasteiger partial charge in [0, 0.05) is 14.7 Å². The summed E-state index contributed by atoms with van der Waals surface area (Å²) in [6.45, 7) is 18.6. The topological polar surface area (TPSA) is 43.4 Å². The Labute approximate surface area is 487 Å². The molecular formula is C67H105F9O3S2. The molecule has 0 fully saturated rings. The SMILES string of the molecule is CCCCCc1cc(CCCCC)c(S(OS(=O)(=O)C(F)(F)C(F)(F)C(F)(F)C(F)(F)F)(c2c(CCCCC)cc(CCCCC)cc2CCCCC)c2c(CCCCC)cc(CCCCC)cc2CCCCC)c(CCCCC)c1. The van der Waals surface area contributed by atoms with Crippen LogP contribution in [-0.4, -0.2) is 31.7 Å². The van der Waals surface area contributed by atoms with Gasteiger partial charge in [0.1, 0.15) is 0 Å². The summed E-state index contributed by atoms with van der Waals surface area (Å²) >= 11 is 0. The molecule has 0 unspecified atom stereocenters. The molecule has 0 saturated heterocycles. The Morgan fingerprint density at radius 2 is 0.506 bits per heavy atom. The van der Waals surface area contributed by atoms with E-state index in [1.165, 1.54) is 0 Å². The van der Waals surface area contributed by atoms with Gasteiger partial charge in [0.15, 0.2) is 0 Å². The molecule has 3 aromatic carbocycles. The smallest absolute Gasteiger partial charge is 0.202 e. The van der Waals surface area contributed by atoms with Crippen LogP contribution in [0, 0.1) is 0 Å². The fourth-order valence-electron chi connectivity index (χ4n) is 11.4. The van der Waals surface area contributed by atoms with Crippen LogP contribution in [0.2, 0.25) is 0 Å². The third-order valence-electron chi connectivity index (χ3n) is 15.9. The minimum Gasteiger partial charge on any atom is -0.202 e. The molecule has 0 heterocycles. The Morgan fingerprint density at radius 1 is 0.309 bits per heavy atom. The van der Waals surface area contributed by atoms with Crippen molar-refractivity contribution in [2.45, 2.75) is 331 Å². The van der Waals surface area contributed by atoms with Crippen molar-refractivity contribution in [1.29, 1.82) is 0 Å². The Hall–Kier alpha value is -2.71. The first-order valence-electron chi connectivity index (χ1n) is 31.9. The highest BCUT2D eigenvalue weighted by molar-refractivity contribution is 8.33. The first-order valence-corrected chi connectivity index (χ1v) is 34.9. The first kappa shape index (κ1) is 72.5. The second-order valence-electron chi connectivity index (χ2n) is 23.1. The van der Waals surface area contributed by atoms with E-state index >= 15 is 34.8 Å². The van der Waals surface area contributed by atoms with Crippen LogP contribution in [0.3, 0.4) is 0 Å². The van der Waals surface area contributed by atoms with Crippen LogP contribution >= 0.6 is 10.3 Å². The third kappa shape index (κ3) is 19.4. The van der Waals surface area contributed by atoms with Gasteiger partial charge in [0.05, 0.1) is 0 Å². The second kappa shape index (κ2) is 35.7. The molecule has 0 aliphatic heterocycles. The molecule has 0 saturated carbocycles. The van der Waals surface area contributed by atoms with Crippen molar-refractivity contribution >= 4 is 20.4 Å². The number of hydrogen-bond donors (Lipinski definition) is 0. The van der Waals surface area contributed by atoms with Crippen LogP contribution in [0.1, 0.15) is 286 Å². The van der Waals surface area contributed by atoms with Crippen molar-refractivity contribution in [2.24, 2.45) is 0 Å². The van der Waals surface area contributed by atoms with E-state index in [0.717, 1.165) is 152 Å². The van der Waals surface area contributed by atoms with E-state index in [0.29, 0.717) is 144 Å². The molecule has 0 aliphatic carbocycles. The normalized spacial score (nSPS) is 13.2. The van der Waals surface area contributed by atoms with Crippen molar-refractivity contribution in [3.8, 4) is 0 Å². The summed E-state index contributed by atoms with van der Waals surface area (Å²) < 4.78 is 179. The van der Waals surface area contributed by atoms with Gasteiger partial charge in [0.25, 0.3) is 0 Å². The highest BCUT2D eigenvalue weighted by Gasteiger charge is 2.86. The fourth-order valence-corrected chi connectivity index (χ4v) is 17.8. The summed E-state index contributed by atoms with van der Waals surface area (Å²) in [6.07, 6.45) is 17.2. The molecule has 3 nitrogen and oxygen atoms in total. The van der Waals surface area contributed by atoms with Crippen molar-refractivity contribution in [2.75, 3.05) is 0 Å². The van der Waals surface area contributed by atoms with Gasteiger partial charge in [-0.3, -0.25) is 0 Å². The molecule has 0 radical (unpaired) electrons. The quantitative estimate of drug-likeness (QED) is 0.0419. The van der Waals surface area contributed by atoms with Gasteiger partial charge in [-0.25, -0.2) is 3.63 Å². The summed E-state index contributed by atoms with van der Waals surface area (Å²) in [6, 6.07) is 12.1. The maximum atomic E-state index is 17.5. The van der Waals surface area contributed by atoms with Gasteiger partial charge in [-0.2, -0.15) is 47.9 Å². The standard InChI is InChI=1S/C67H105F9O3S2/c1-10-19-28-37-52-46-55(40-31-22-13-4)61(56(47-52)41-32-23-14-5)80(79-81(77,78)67(75,76)65(70,71)64(68,69)66(72,73)74,62-57(42-33-24-15-6)48-53(38-29-20-11-2)49-58(62)43-34-25-16-7)63-59(44-35-26-17-8)50-54(39-30-21-12-3)51-60(63)45-36-27-18-9/h46-51H,10-45H2,1-9H3. The van der Waals surface area contributed by atoms with Crippen LogP contribution in [-0.2, 0) is 71.5 Å². The molecule has 0 atom stereocenters. The van der Waals surface area contributed by atoms with E-state index in [2.05, 4.69) is 20.8 Å². The Morgan fingerprint density at radius 3 is 0.691 bits per heavy atom. The largest absolute Gasteiger partial charge is 0.460 e. The molecule has 3 aromatic rings. The zero-order valence-electron chi connectivity index (χ0n) is 51.4. The van der Waals surface area contributed by atoms with E-state index in [1.807, 2.05) is 77.9 Å². The molecule has 0 aliphatic rings. The van der Waals surface area contributed by atoms with E-state index < -0.39 is 43.7 Å². The summed E-state index contributed by atoms with van der Waals surface area (Å²) in [7, 11) is -12.0. The molecule has 0 bridgehead atoms. The number of halogens is 9. The number of rotatable bonds is 44. The van der Waals surface area contributed by atoms with Crippen molar-refractivity contribution < 1.29 is 51.6 Å². The predicted octanol–water partition coefficient (Wildman–Crippen LogP) is 23.2. The number of benzene rings is 3. The van der Waals surface area contributed by atoms with Crippen LogP contribution in [0.4, 0.5) is 39.5 Å². The monoisotopic (exact) mass is 1190 g/mol. The van der Waals surface area contributed by atoms with E-state index in [1.54, 1.807) is 0 Å². The van der Waals surface area contributed by atoms with Crippen LogP contribution < -0.4 is 0 Å².